The largest absolute Gasteiger partial charge is 0.310 e. The smallest absolute Gasteiger partial charge is 0.236 e. The average molecular weight is 320 g/mol. The summed E-state index contributed by atoms with van der Waals surface area (Å²) in [6.45, 7) is 2.05. The van der Waals surface area contributed by atoms with E-state index in [0.717, 1.165) is 16.7 Å². The number of thioether (sulfide) groups is 1. The van der Waals surface area contributed by atoms with Crippen LogP contribution in [0.2, 0.25) is 0 Å². The van der Waals surface area contributed by atoms with Crippen molar-refractivity contribution in [3.63, 3.8) is 0 Å². The van der Waals surface area contributed by atoms with Crippen LogP contribution < -0.4 is 5.32 Å². The summed E-state index contributed by atoms with van der Waals surface area (Å²) in [5.74, 6) is 0.490. The summed E-state index contributed by atoms with van der Waals surface area (Å²) in [6, 6.07) is 18.1. The number of nitrogens with one attached hydrogen (secondary N) is 1. The van der Waals surface area contributed by atoms with E-state index in [1.54, 1.807) is 11.8 Å². The predicted octanol–water partition coefficient (Wildman–Crippen LogP) is 3.60. The maximum absolute atomic E-state index is 12.7. The standard InChI is InChI=1S/C19H16N2OS/c1-12-7-9-14(10-8-12)17-20-18(22)16-15(11-23-19(16)21-17)13-5-3-2-4-6-13/h2-11,16,19H,1H3,(H,20,21,22)/t16-,19-/m0/s1. The number of benzene rings is 2. The molecule has 2 heterocycles. The number of aliphatic imine (C=N–C) groups is 1. The van der Waals surface area contributed by atoms with Gasteiger partial charge in [-0.2, -0.15) is 0 Å². The normalized spacial score (nSPS) is 22.9. The van der Waals surface area contributed by atoms with Crippen LogP contribution >= 0.6 is 11.8 Å². The van der Waals surface area contributed by atoms with Gasteiger partial charge in [0.25, 0.3) is 0 Å². The third-order valence-electron chi connectivity index (χ3n) is 4.17. The minimum atomic E-state index is -0.211. The number of hydrogen-bond donors (Lipinski definition) is 1. The number of amides is 1. The van der Waals surface area contributed by atoms with Crippen molar-refractivity contribution in [3.8, 4) is 0 Å². The van der Waals surface area contributed by atoms with Crippen molar-refractivity contribution < 1.29 is 4.79 Å². The molecule has 4 rings (SSSR count). The highest BCUT2D eigenvalue weighted by Crippen LogP contribution is 2.43. The van der Waals surface area contributed by atoms with Crippen LogP contribution in [0.4, 0.5) is 0 Å². The van der Waals surface area contributed by atoms with Crippen molar-refractivity contribution in [3.05, 3.63) is 76.7 Å². The third kappa shape index (κ3) is 2.59. The molecule has 0 saturated carbocycles. The van der Waals surface area contributed by atoms with E-state index in [2.05, 4.69) is 10.7 Å². The molecule has 2 aromatic rings. The Hall–Kier alpha value is -2.33. The minimum Gasteiger partial charge on any atom is -0.310 e. The van der Waals surface area contributed by atoms with Crippen molar-refractivity contribution in [1.29, 1.82) is 0 Å². The molecule has 2 aromatic carbocycles. The zero-order valence-corrected chi connectivity index (χ0v) is 13.5. The van der Waals surface area contributed by atoms with Gasteiger partial charge in [-0.05, 0) is 23.5 Å². The van der Waals surface area contributed by atoms with E-state index >= 15 is 0 Å². The highest BCUT2D eigenvalue weighted by molar-refractivity contribution is 8.03. The fourth-order valence-corrected chi connectivity index (χ4v) is 4.08. The maximum atomic E-state index is 12.7. The van der Waals surface area contributed by atoms with Gasteiger partial charge in [-0.1, -0.05) is 60.2 Å². The Morgan fingerprint density at radius 2 is 1.74 bits per heavy atom. The van der Waals surface area contributed by atoms with Crippen LogP contribution in [0.1, 0.15) is 16.7 Å². The van der Waals surface area contributed by atoms with Gasteiger partial charge in [0.1, 0.15) is 11.2 Å². The maximum Gasteiger partial charge on any atom is 0.236 e. The minimum absolute atomic E-state index is 0.0284. The molecule has 1 amide bonds. The highest BCUT2D eigenvalue weighted by Gasteiger charge is 2.40. The van der Waals surface area contributed by atoms with Crippen LogP contribution in [0.25, 0.3) is 5.57 Å². The lowest BCUT2D eigenvalue weighted by Gasteiger charge is -2.25. The lowest BCUT2D eigenvalue weighted by atomic mass is 9.92. The zero-order valence-electron chi connectivity index (χ0n) is 12.7. The van der Waals surface area contributed by atoms with Gasteiger partial charge in [0.15, 0.2) is 0 Å². The molecule has 0 spiro atoms. The Labute approximate surface area is 139 Å². The van der Waals surface area contributed by atoms with E-state index in [-0.39, 0.29) is 17.2 Å². The van der Waals surface area contributed by atoms with Crippen LogP contribution in [0.15, 0.2) is 65.0 Å². The number of fused-ring (bicyclic) bond motifs is 1. The number of carbonyl (C=O) groups excluding carboxylic acids is 1. The van der Waals surface area contributed by atoms with Gasteiger partial charge in [-0.15, -0.1) is 11.8 Å². The molecule has 0 bridgehead atoms. The van der Waals surface area contributed by atoms with Crippen molar-refractivity contribution in [1.82, 2.24) is 5.32 Å². The van der Waals surface area contributed by atoms with Gasteiger partial charge >= 0.3 is 0 Å². The number of hydrogen-bond acceptors (Lipinski definition) is 3. The number of rotatable bonds is 2. The molecule has 0 fully saturated rings. The molecule has 0 aromatic heterocycles. The summed E-state index contributed by atoms with van der Waals surface area (Å²) < 4.78 is 0. The van der Waals surface area contributed by atoms with Gasteiger partial charge in [0, 0.05) is 5.56 Å². The van der Waals surface area contributed by atoms with Gasteiger partial charge in [0.05, 0.1) is 5.92 Å². The van der Waals surface area contributed by atoms with Crippen LogP contribution in [0.5, 0.6) is 0 Å². The first kappa shape index (κ1) is 14.3. The first-order valence-corrected chi connectivity index (χ1v) is 8.53. The van der Waals surface area contributed by atoms with Crippen LogP contribution in [-0.2, 0) is 4.79 Å². The molecular formula is C19H16N2OS. The van der Waals surface area contributed by atoms with E-state index in [1.165, 1.54) is 5.56 Å². The number of amidine groups is 1. The molecule has 0 aliphatic carbocycles. The molecule has 0 radical (unpaired) electrons. The predicted molar refractivity (Wildman–Crippen MR) is 95.1 cm³/mol. The van der Waals surface area contributed by atoms with Crippen LogP contribution in [-0.4, -0.2) is 17.1 Å². The monoisotopic (exact) mass is 320 g/mol. The summed E-state index contributed by atoms with van der Waals surface area (Å²) in [5, 5.41) is 4.98. The van der Waals surface area contributed by atoms with Gasteiger partial charge < -0.3 is 5.32 Å². The molecule has 2 aliphatic heterocycles. The van der Waals surface area contributed by atoms with Gasteiger partial charge in [-0.3, -0.25) is 9.79 Å². The number of carbonyl (C=O) groups is 1. The molecule has 4 heteroatoms. The molecular weight excluding hydrogens is 304 g/mol. The Bertz CT molecular complexity index is 809. The lowest BCUT2D eigenvalue weighted by molar-refractivity contribution is -0.122. The molecule has 2 atom stereocenters. The van der Waals surface area contributed by atoms with Crippen LogP contribution in [0, 0.1) is 12.8 Å². The van der Waals surface area contributed by atoms with E-state index in [9.17, 15) is 4.79 Å². The summed E-state index contributed by atoms with van der Waals surface area (Å²) in [7, 11) is 0. The van der Waals surface area contributed by atoms with E-state index in [0.29, 0.717) is 5.84 Å². The summed E-state index contributed by atoms with van der Waals surface area (Å²) in [4.78, 5) is 17.4. The first-order valence-electron chi connectivity index (χ1n) is 7.59. The first-order chi connectivity index (χ1) is 11.2. The third-order valence-corrected chi connectivity index (χ3v) is 5.21. The fourth-order valence-electron chi connectivity index (χ4n) is 2.91. The molecule has 1 N–H and O–H groups in total. The molecule has 2 aliphatic rings. The summed E-state index contributed by atoms with van der Waals surface area (Å²) >= 11 is 1.62. The molecule has 0 unspecified atom stereocenters. The Balaban J connectivity index is 1.65. The van der Waals surface area contributed by atoms with Crippen LogP contribution in [0.3, 0.4) is 0 Å². The average Bonchev–Trinajstić information content (AvgIpc) is 3.01. The topological polar surface area (TPSA) is 41.5 Å². The van der Waals surface area contributed by atoms with Gasteiger partial charge in [-0.25, -0.2) is 0 Å². The summed E-state index contributed by atoms with van der Waals surface area (Å²) in [6.07, 6.45) is 0. The number of nitrogens with zero attached hydrogens (tertiary/aromatic N) is 1. The Morgan fingerprint density at radius 3 is 2.48 bits per heavy atom. The van der Waals surface area contributed by atoms with Crippen molar-refractivity contribution >= 4 is 29.1 Å². The molecule has 114 valence electrons. The highest BCUT2D eigenvalue weighted by atomic mass is 32.2. The quantitative estimate of drug-likeness (QED) is 0.918. The van der Waals surface area contributed by atoms with E-state index < -0.39 is 0 Å². The second kappa shape index (κ2) is 5.70. The number of aryl methyl sites for hydroxylation is 1. The summed E-state index contributed by atoms with van der Waals surface area (Å²) in [5.41, 5.74) is 4.30. The Kier molecular flexibility index (Phi) is 3.54. The molecule has 0 saturated heterocycles. The second-order valence-electron chi connectivity index (χ2n) is 5.78. The SMILES string of the molecule is Cc1ccc(C2=N[C@H]3SC=C(c4ccccc4)[C@H]3C(=O)N2)cc1. The van der Waals surface area contributed by atoms with Crippen molar-refractivity contribution in [2.75, 3.05) is 0 Å². The van der Waals surface area contributed by atoms with Crippen molar-refractivity contribution in [2.24, 2.45) is 10.9 Å². The van der Waals surface area contributed by atoms with E-state index in [4.69, 9.17) is 4.99 Å². The van der Waals surface area contributed by atoms with Gasteiger partial charge in [0.2, 0.25) is 5.91 Å². The van der Waals surface area contributed by atoms with E-state index in [1.807, 2.05) is 61.5 Å². The lowest BCUT2D eigenvalue weighted by Crippen LogP contribution is -2.44. The zero-order chi connectivity index (χ0) is 15.8. The molecule has 3 nitrogen and oxygen atoms in total. The van der Waals surface area contributed by atoms with Crippen molar-refractivity contribution in [2.45, 2.75) is 12.3 Å². The fraction of sp³-hybridized carbons (Fsp3) is 0.158. The second-order valence-corrected chi connectivity index (χ2v) is 6.77. The molecule has 23 heavy (non-hydrogen) atoms. The Morgan fingerprint density at radius 1 is 1.00 bits per heavy atom.